The van der Waals surface area contributed by atoms with Gasteiger partial charge in [0.15, 0.2) is 5.70 Å². The zero-order valence-electron chi connectivity index (χ0n) is 15.5. The van der Waals surface area contributed by atoms with Crippen molar-refractivity contribution in [2.45, 2.75) is 12.8 Å². The lowest BCUT2D eigenvalue weighted by molar-refractivity contribution is -0.126. The first-order chi connectivity index (χ1) is 14.1. The lowest BCUT2D eigenvalue weighted by atomic mass is 9.97. The summed E-state index contributed by atoms with van der Waals surface area (Å²) in [5.74, 6) is -1.16. The maximum Gasteiger partial charge on any atom is 0.295 e. The highest BCUT2D eigenvalue weighted by atomic mass is 35.5. The first-order valence-electron chi connectivity index (χ1n) is 9.20. The number of likely N-dealkylation sites (tertiary alicyclic amines) is 1. The smallest absolute Gasteiger partial charge is 0.295 e. The van der Waals surface area contributed by atoms with Gasteiger partial charge in [0.2, 0.25) is 0 Å². The van der Waals surface area contributed by atoms with E-state index in [1.165, 1.54) is 12.4 Å². The first-order valence-corrected chi connectivity index (χ1v) is 9.58. The fourth-order valence-electron chi connectivity index (χ4n) is 3.58. The summed E-state index contributed by atoms with van der Waals surface area (Å²) in [6.07, 6.45) is 4.13. The lowest BCUT2D eigenvalue weighted by Crippen LogP contribution is -2.40. The zero-order valence-corrected chi connectivity index (χ0v) is 16.2. The molecule has 1 aromatic carbocycles. The van der Waals surface area contributed by atoms with E-state index in [-0.39, 0.29) is 5.56 Å². The van der Waals surface area contributed by atoms with Crippen LogP contribution in [0.4, 0.5) is 0 Å². The standard InChI is InChI=1S/C22H17ClN4O2/c1-24-18(14-5-3-2-4-6-14)15-8-11-27(12-9-15)22(29)21(28)16-13-26-20-17(23)7-10-25-19(16)20/h2-7,10,13,26H,8-9,11-12H2. The second-order valence-corrected chi connectivity index (χ2v) is 7.18. The number of aromatic nitrogens is 2. The van der Waals surface area contributed by atoms with Crippen LogP contribution in [0, 0.1) is 6.57 Å². The Kier molecular flexibility index (Phi) is 5.15. The molecule has 1 saturated heterocycles. The van der Waals surface area contributed by atoms with Gasteiger partial charge in [0.05, 0.1) is 22.7 Å². The van der Waals surface area contributed by atoms with E-state index >= 15 is 0 Å². The number of rotatable bonds is 3. The topological polar surface area (TPSA) is 70.4 Å². The molecular weight excluding hydrogens is 388 g/mol. The molecule has 1 fully saturated rings. The Bertz CT molecular complexity index is 1160. The Morgan fingerprint density at radius 3 is 2.55 bits per heavy atom. The van der Waals surface area contributed by atoms with Crippen molar-refractivity contribution in [2.24, 2.45) is 0 Å². The van der Waals surface area contributed by atoms with Crippen molar-refractivity contribution in [2.75, 3.05) is 13.1 Å². The molecule has 0 aliphatic carbocycles. The molecule has 0 spiro atoms. The van der Waals surface area contributed by atoms with E-state index in [9.17, 15) is 9.59 Å². The molecule has 2 aromatic heterocycles. The van der Waals surface area contributed by atoms with Crippen LogP contribution in [0.1, 0.15) is 28.8 Å². The van der Waals surface area contributed by atoms with Gasteiger partial charge in [-0.2, -0.15) is 0 Å². The Morgan fingerprint density at radius 2 is 1.86 bits per heavy atom. The highest BCUT2D eigenvalue weighted by Gasteiger charge is 2.29. The molecule has 0 atom stereocenters. The van der Waals surface area contributed by atoms with Crippen molar-refractivity contribution < 1.29 is 9.59 Å². The molecule has 0 unspecified atom stereocenters. The minimum absolute atomic E-state index is 0.222. The Labute approximate surface area is 172 Å². The highest BCUT2D eigenvalue weighted by molar-refractivity contribution is 6.45. The van der Waals surface area contributed by atoms with Crippen LogP contribution in [0.5, 0.6) is 0 Å². The normalized spacial score (nSPS) is 13.9. The Balaban J connectivity index is 1.52. The second kappa shape index (κ2) is 7.90. The number of nitrogens with zero attached hydrogens (tertiary/aromatic N) is 3. The molecule has 7 heteroatoms. The lowest BCUT2D eigenvalue weighted by Gasteiger charge is -2.28. The van der Waals surface area contributed by atoms with Crippen molar-refractivity contribution in [1.82, 2.24) is 14.9 Å². The molecule has 3 aromatic rings. The number of ketones is 1. The molecule has 3 heterocycles. The molecule has 1 amide bonds. The van der Waals surface area contributed by atoms with E-state index in [0.717, 1.165) is 11.1 Å². The number of hydrogen-bond acceptors (Lipinski definition) is 3. The van der Waals surface area contributed by atoms with Gasteiger partial charge >= 0.3 is 0 Å². The van der Waals surface area contributed by atoms with Gasteiger partial charge in [0.25, 0.3) is 11.7 Å². The average Bonchev–Trinajstić information content (AvgIpc) is 3.20. The summed E-state index contributed by atoms with van der Waals surface area (Å²) in [6, 6.07) is 11.2. The van der Waals surface area contributed by atoms with Gasteiger partial charge in [0, 0.05) is 25.5 Å². The minimum Gasteiger partial charge on any atom is -0.358 e. The maximum atomic E-state index is 12.8. The summed E-state index contributed by atoms with van der Waals surface area (Å²) < 4.78 is 0. The third-order valence-electron chi connectivity index (χ3n) is 5.10. The van der Waals surface area contributed by atoms with E-state index in [2.05, 4.69) is 14.8 Å². The molecular formula is C22H17ClN4O2. The van der Waals surface area contributed by atoms with Crippen LogP contribution < -0.4 is 0 Å². The summed E-state index contributed by atoms with van der Waals surface area (Å²) in [5, 5.41) is 0.446. The van der Waals surface area contributed by atoms with Crippen molar-refractivity contribution in [3.05, 3.63) is 81.9 Å². The molecule has 29 heavy (non-hydrogen) atoms. The van der Waals surface area contributed by atoms with Gasteiger partial charge in [-0.1, -0.05) is 47.5 Å². The Morgan fingerprint density at radius 1 is 1.14 bits per heavy atom. The van der Waals surface area contributed by atoms with Crippen molar-refractivity contribution in [3.63, 3.8) is 0 Å². The van der Waals surface area contributed by atoms with Gasteiger partial charge < -0.3 is 9.88 Å². The van der Waals surface area contributed by atoms with Crippen molar-refractivity contribution >= 4 is 40.0 Å². The molecule has 0 saturated carbocycles. The summed E-state index contributed by atoms with van der Waals surface area (Å²) in [5.41, 5.74) is 3.70. The van der Waals surface area contributed by atoms with Crippen LogP contribution in [0.15, 0.2) is 54.4 Å². The SMILES string of the molecule is [C-]#[N+]C(=C1CCN(C(=O)C(=O)c2c[nH]c3c(Cl)ccnc23)CC1)c1ccccc1. The summed E-state index contributed by atoms with van der Waals surface area (Å²) in [6.45, 7) is 8.35. The number of H-pyrrole nitrogens is 1. The number of amides is 1. The average molecular weight is 405 g/mol. The number of carbonyl (C=O) groups excluding carboxylic acids is 2. The van der Waals surface area contributed by atoms with E-state index in [1.54, 1.807) is 11.0 Å². The quantitative estimate of drug-likeness (QED) is 0.400. The van der Waals surface area contributed by atoms with E-state index in [0.29, 0.717) is 47.7 Å². The fraction of sp³-hybridized carbons (Fsp3) is 0.182. The molecule has 1 aliphatic rings. The van der Waals surface area contributed by atoms with Gasteiger partial charge in [-0.3, -0.25) is 14.6 Å². The maximum absolute atomic E-state index is 12.8. The highest BCUT2D eigenvalue weighted by Crippen LogP contribution is 2.29. The predicted molar refractivity (Wildman–Crippen MR) is 111 cm³/mol. The minimum atomic E-state index is -0.605. The number of fused-ring (bicyclic) bond motifs is 1. The molecule has 6 nitrogen and oxygen atoms in total. The van der Waals surface area contributed by atoms with E-state index in [4.69, 9.17) is 18.2 Å². The summed E-state index contributed by atoms with van der Waals surface area (Å²) >= 11 is 6.11. The van der Waals surface area contributed by atoms with Crippen LogP contribution >= 0.6 is 11.6 Å². The molecule has 144 valence electrons. The van der Waals surface area contributed by atoms with E-state index < -0.39 is 11.7 Å². The molecule has 0 bridgehead atoms. The third kappa shape index (κ3) is 3.53. The summed E-state index contributed by atoms with van der Waals surface area (Å²) in [7, 11) is 0. The van der Waals surface area contributed by atoms with Gasteiger partial charge in [0.1, 0.15) is 5.52 Å². The monoisotopic (exact) mass is 404 g/mol. The molecule has 4 rings (SSSR count). The summed E-state index contributed by atoms with van der Waals surface area (Å²) in [4.78, 5) is 37.9. The Hall–Kier alpha value is -3.43. The van der Waals surface area contributed by atoms with Crippen LogP contribution in [0.25, 0.3) is 21.6 Å². The predicted octanol–water partition coefficient (Wildman–Crippen LogP) is 4.35. The van der Waals surface area contributed by atoms with Crippen LogP contribution in [-0.2, 0) is 4.79 Å². The van der Waals surface area contributed by atoms with Crippen LogP contribution in [-0.4, -0.2) is 39.6 Å². The van der Waals surface area contributed by atoms with Gasteiger partial charge in [-0.25, -0.2) is 4.85 Å². The largest absolute Gasteiger partial charge is 0.358 e. The molecule has 1 N–H and O–H groups in total. The molecule has 1 aliphatic heterocycles. The zero-order chi connectivity index (χ0) is 20.4. The number of Topliss-reactive ketones (excluding diaryl/α,β-unsaturated/α-hetero) is 1. The third-order valence-corrected chi connectivity index (χ3v) is 5.42. The number of hydrogen-bond donors (Lipinski definition) is 1. The van der Waals surface area contributed by atoms with Crippen molar-refractivity contribution in [3.8, 4) is 0 Å². The van der Waals surface area contributed by atoms with E-state index in [1.807, 2.05) is 30.3 Å². The number of carbonyl (C=O) groups is 2. The number of benzene rings is 1. The number of halogens is 1. The van der Waals surface area contributed by atoms with Crippen molar-refractivity contribution in [1.29, 1.82) is 0 Å². The number of aromatic amines is 1. The fourth-order valence-corrected chi connectivity index (χ4v) is 3.79. The van der Waals surface area contributed by atoms with Crippen LogP contribution in [0.2, 0.25) is 5.02 Å². The van der Waals surface area contributed by atoms with Gasteiger partial charge in [-0.15, -0.1) is 0 Å². The first kappa shape index (κ1) is 18.9. The number of pyridine rings is 1. The number of nitrogens with one attached hydrogen (secondary N) is 1. The van der Waals surface area contributed by atoms with Crippen LogP contribution in [0.3, 0.4) is 0 Å². The molecule has 0 radical (unpaired) electrons. The second-order valence-electron chi connectivity index (χ2n) is 6.77. The van der Waals surface area contributed by atoms with Gasteiger partial charge in [-0.05, 0) is 24.5 Å². The number of piperidine rings is 1.